The molecule has 0 aliphatic rings. The van der Waals surface area contributed by atoms with Gasteiger partial charge in [-0.25, -0.2) is 4.68 Å². The number of hydrogen-bond donors (Lipinski definition) is 1. The molecular weight excluding hydrogens is 406 g/mol. The summed E-state index contributed by atoms with van der Waals surface area (Å²) in [6, 6.07) is 5.99. The van der Waals surface area contributed by atoms with Crippen molar-refractivity contribution in [1.29, 1.82) is 0 Å². The second-order valence-electron chi connectivity index (χ2n) is 5.41. The molecule has 1 aromatic carbocycles. The normalized spacial score (nSPS) is 11.5. The molecule has 0 unspecified atom stereocenters. The lowest BCUT2D eigenvalue weighted by atomic mass is 10.2. The molecule has 1 N–H and O–H groups in total. The van der Waals surface area contributed by atoms with Gasteiger partial charge in [0.15, 0.2) is 11.4 Å². The van der Waals surface area contributed by atoms with Crippen LogP contribution in [0.4, 0.5) is 24.7 Å². The van der Waals surface area contributed by atoms with Crippen molar-refractivity contribution in [2.75, 3.05) is 12.4 Å². The molecule has 0 saturated heterocycles. The molecule has 0 amide bonds. The Balaban J connectivity index is 2.18. The van der Waals surface area contributed by atoms with Crippen molar-refractivity contribution in [3.63, 3.8) is 0 Å². The van der Waals surface area contributed by atoms with Crippen LogP contribution in [0.15, 0.2) is 30.5 Å². The number of anilines is 2. The number of halogens is 5. The summed E-state index contributed by atoms with van der Waals surface area (Å²) in [5.41, 5.74) is -0.328. The van der Waals surface area contributed by atoms with E-state index in [0.717, 1.165) is 7.11 Å². The predicted molar refractivity (Wildman–Crippen MR) is 95.2 cm³/mol. The molecule has 6 nitrogen and oxygen atoms in total. The minimum Gasteiger partial charge on any atom is -0.480 e. The van der Waals surface area contributed by atoms with Crippen LogP contribution in [-0.2, 0) is 6.18 Å². The topological polar surface area (TPSA) is 64.9 Å². The maximum absolute atomic E-state index is 13.6. The Morgan fingerprint density at radius 1 is 1.15 bits per heavy atom. The quantitative estimate of drug-likeness (QED) is 0.643. The molecule has 0 aliphatic carbocycles. The third kappa shape index (κ3) is 4.09. The van der Waals surface area contributed by atoms with E-state index in [4.69, 9.17) is 27.9 Å². The molecule has 0 atom stereocenters. The highest BCUT2D eigenvalue weighted by Gasteiger charge is 2.40. The number of nitrogens with zero attached hydrogens (tertiary/aromatic N) is 4. The summed E-state index contributed by atoms with van der Waals surface area (Å²) in [4.78, 5) is 7.81. The molecule has 2 heterocycles. The summed E-state index contributed by atoms with van der Waals surface area (Å²) in [5.74, 6) is -1.27. The lowest BCUT2D eigenvalue weighted by Crippen LogP contribution is -2.16. The minimum absolute atomic E-state index is 0.0967. The third-order valence-electron chi connectivity index (χ3n) is 3.45. The van der Waals surface area contributed by atoms with Crippen LogP contribution < -0.4 is 10.1 Å². The van der Waals surface area contributed by atoms with Crippen molar-refractivity contribution >= 4 is 34.7 Å². The number of rotatable bonds is 4. The zero-order valence-corrected chi connectivity index (χ0v) is 15.5. The summed E-state index contributed by atoms with van der Waals surface area (Å²) in [5, 5.41) is 7.16. The van der Waals surface area contributed by atoms with Gasteiger partial charge in [0, 0.05) is 11.2 Å². The fourth-order valence-corrected chi connectivity index (χ4v) is 2.73. The molecule has 0 bridgehead atoms. The number of benzene rings is 1. The molecule has 0 radical (unpaired) electrons. The minimum atomic E-state index is -4.77. The van der Waals surface area contributed by atoms with Crippen molar-refractivity contribution in [3.8, 4) is 11.8 Å². The Bertz CT molecular complexity index is 991. The molecule has 0 spiro atoms. The second-order valence-corrected chi connectivity index (χ2v) is 6.25. The molecule has 3 rings (SSSR count). The summed E-state index contributed by atoms with van der Waals surface area (Å²) >= 11 is 11.9. The number of aryl methyl sites for hydroxylation is 1. The SMILES string of the molecule is COc1nc(-n2ccc(C)n2)nc(Nc2ccc(Cl)cc2Cl)c1C(F)(F)F. The fraction of sp³-hybridized carbons (Fsp3) is 0.188. The van der Waals surface area contributed by atoms with Gasteiger partial charge in [0.25, 0.3) is 5.95 Å². The average Bonchev–Trinajstić information content (AvgIpc) is 3.02. The predicted octanol–water partition coefficient (Wildman–Crippen LogP) is 5.05. The number of aromatic nitrogens is 4. The molecule has 11 heteroatoms. The van der Waals surface area contributed by atoms with E-state index < -0.39 is 23.4 Å². The lowest BCUT2D eigenvalue weighted by molar-refractivity contribution is -0.138. The Hall–Kier alpha value is -2.52. The lowest BCUT2D eigenvalue weighted by Gasteiger charge is -2.17. The Morgan fingerprint density at radius 2 is 1.89 bits per heavy atom. The van der Waals surface area contributed by atoms with Crippen molar-refractivity contribution in [2.24, 2.45) is 0 Å². The summed E-state index contributed by atoms with van der Waals surface area (Å²) in [6.45, 7) is 1.73. The zero-order chi connectivity index (χ0) is 19.8. The second kappa shape index (κ2) is 7.24. The fourth-order valence-electron chi connectivity index (χ4n) is 2.27. The van der Waals surface area contributed by atoms with Gasteiger partial charge < -0.3 is 10.1 Å². The van der Waals surface area contributed by atoms with Crippen LogP contribution in [0.3, 0.4) is 0 Å². The van der Waals surface area contributed by atoms with Crippen LogP contribution >= 0.6 is 23.2 Å². The maximum atomic E-state index is 13.6. The monoisotopic (exact) mass is 417 g/mol. The van der Waals surface area contributed by atoms with Gasteiger partial charge in [-0.1, -0.05) is 23.2 Å². The smallest absolute Gasteiger partial charge is 0.425 e. The molecule has 0 fully saturated rings. The summed E-state index contributed by atoms with van der Waals surface area (Å²) in [6.07, 6.45) is -3.25. The Labute approximate surface area is 161 Å². The van der Waals surface area contributed by atoms with Gasteiger partial charge in [-0.05, 0) is 31.2 Å². The Morgan fingerprint density at radius 3 is 2.44 bits per heavy atom. The van der Waals surface area contributed by atoms with Gasteiger partial charge in [-0.3, -0.25) is 0 Å². The van der Waals surface area contributed by atoms with E-state index in [9.17, 15) is 13.2 Å². The number of ether oxygens (including phenoxy) is 1. The zero-order valence-electron chi connectivity index (χ0n) is 14.0. The van der Waals surface area contributed by atoms with Crippen molar-refractivity contribution < 1.29 is 17.9 Å². The first kappa shape index (κ1) is 19.2. The van der Waals surface area contributed by atoms with Crippen molar-refractivity contribution in [1.82, 2.24) is 19.7 Å². The van der Waals surface area contributed by atoms with E-state index in [1.165, 1.54) is 29.1 Å². The first-order chi connectivity index (χ1) is 12.7. The highest BCUT2D eigenvalue weighted by atomic mass is 35.5. The van der Waals surface area contributed by atoms with Crippen LogP contribution in [0, 0.1) is 6.92 Å². The van der Waals surface area contributed by atoms with E-state index in [1.807, 2.05) is 0 Å². The third-order valence-corrected chi connectivity index (χ3v) is 4.00. The van der Waals surface area contributed by atoms with E-state index in [-0.39, 0.29) is 16.7 Å². The number of nitrogens with one attached hydrogen (secondary N) is 1. The molecule has 3 aromatic rings. The van der Waals surface area contributed by atoms with E-state index in [0.29, 0.717) is 10.7 Å². The molecule has 27 heavy (non-hydrogen) atoms. The largest absolute Gasteiger partial charge is 0.480 e. The van der Waals surface area contributed by atoms with E-state index >= 15 is 0 Å². The van der Waals surface area contributed by atoms with Crippen LogP contribution in [-0.4, -0.2) is 26.9 Å². The van der Waals surface area contributed by atoms with Gasteiger partial charge in [-0.15, -0.1) is 0 Å². The van der Waals surface area contributed by atoms with Crippen molar-refractivity contribution in [2.45, 2.75) is 13.1 Å². The van der Waals surface area contributed by atoms with Crippen LogP contribution in [0.25, 0.3) is 5.95 Å². The maximum Gasteiger partial charge on any atom is 0.425 e. The Kier molecular flexibility index (Phi) is 5.16. The summed E-state index contributed by atoms with van der Waals surface area (Å²) < 4.78 is 47.0. The molecule has 142 valence electrons. The highest BCUT2D eigenvalue weighted by molar-refractivity contribution is 6.36. The molecule has 0 aliphatic heterocycles. The van der Waals surface area contributed by atoms with Gasteiger partial charge in [0.1, 0.15) is 0 Å². The molecular formula is C16H12Cl2F3N5O. The average molecular weight is 418 g/mol. The summed E-state index contributed by atoms with van der Waals surface area (Å²) in [7, 11) is 1.09. The van der Waals surface area contributed by atoms with Crippen molar-refractivity contribution in [3.05, 3.63) is 51.8 Å². The first-order valence-electron chi connectivity index (χ1n) is 7.47. The standard InChI is InChI=1S/C16H12Cl2F3N5O/c1-8-5-6-26(25-8)15-23-13(12(16(19,20)21)14(24-15)27-2)22-11-4-3-9(17)7-10(11)18/h3-7H,1-2H3,(H,22,23,24). The number of methoxy groups -OCH3 is 1. The van der Waals surface area contributed by atoms with Crippen LogP contribution in [0.1, 0.15) is 11.3 Å². The van der Waals surface area contributed by atoms with Gasteiger partial charge in [0.2, 0.25) is 5.88 Å². The van der Waals surface area contributed by atoms with E-state index in [1.54, 1.807) is 13.0 Å². The number of hydrogen-bond acceptors (Lipinski definition) is 5. The molecule has 2 aromatic heterocycles. The number of alkyl halides is 3. The highest BCUT2D eigenvalue weighted by Crippen LogP contribution is 2.41. The van der Waals surface area contributed by atoms with E-state index in [2.05, 4.69) is 20.4 Å². The van der Waals surface area contributed by atoms with Crippen LogP contribution in [0.5, 0.6) is 5.88 Å². The van der Waals surface area contributed by atoms with Gasteiger partial charge in [-0.2, -0.15) is 28.2 Å². The molecule has 0 saturated carbocycles. The van der Waals surface area contributed by atoms with Gasteiger partial charge >= 0.3 is 6.18 Å². The van der Waals surface area contributed by atoms with Crippen LogP contribution in [0.2, 0.25) is 10.0 Å². The van der Waals surface area contributed by atoms with Gasteiger partial charge in [0.05, 0.1) is 23.5 Å². The first-order valence-corrected chi connectivity index (χ1v) is 8.22.